The molecule has 2 aromatic rings. The van der Waals surface area contributed by atoms with Gasteiger partial charge >= 0.3 is 12.2 Å². The second-order valence-electron chi connectivity index (χ2n) is 12.4. The Morgan fingerprint density at radius 1 is 0.810 bits per heavy atom. The van der Waals surface area contributed by atoms with Crippen molar-refractivity contribution in [1.29, 1.82) is 0 Å². The van der Waals surface area contributed by atoms with Crippen molar-refractivity contribution in [2.75, 3.05) is 46.8 Å². The summed E-state index contributed by atoms with van der Waals surface area (Å²) >= 11 is 0. The summed E-state index contributed by atoms with van der Waals surface area (Å²) in [5, 5.41) is 0. The van der Waals surface area contributed by atoms with Gasteiger partial charge in [-0.15, -0.1) is 0 Å². The smallest absolute Gasteiger partial charge is 0.337 e. The van der Waals surface area contributed by atoms with Crippen LogP contribution in [0.4, 0.5) is 18.0 Å². The van der Waals surface area contributed by atoms with Crippen LogP contribution in [0.25, 0.3) is 11.1 Å². The van der Waals surface area contributed by atoms with Gasteiger partial charge in [0.05, 0.1) is 11.6 Å². The van der Waals surface area contributed by atoms with Gasteiger partial charge < -0.3 is 19.6 Å². The lowest BCUT2D eigenvalue weighted by Gasteiger charge is -2.30. The molecule has 2 aromatic carbocycles. The van der Waals surface area contributed by atoms with Crippen LogP contribution in [-0.4, -0.2) is 90.4 Å². The Balaban J connectivity index is 1.09. The fraction of sp³-hybridized carbons (Fsp3) is 0.576. The van der Waals surface area contributed by atoms with E-state index in [0.717, 1.165) is 56.1 Å². The molecule has 0 bridgehead atoms. The SMILES string of the molecule is CN(C(=O)c1ccc(-c2ccc(C(F)(F)F)cc2)cc1)C1CCN(C(=O)N(C)C2CCN(CCCC3CCCC3)C2)C1. The second-order valence-corrected chi connectivity index (χ2v) is 12.4. The van der Waals surface area contributed by atoms with E-state index in [1.54, 1.807) is 36.2 Å². The van der Waals surface area contributed by atoms with Crippen LogP contribution in [0.15, 0.2) is 48.5 Å². The molecule has 2 saturated heterocycles. The summed E-state index contributed by atoms with van der Waals surface area (Å²) in [5.41, 5.74) is 1.21. The van der Waals surface area contributed by atoms with Crippen LogP contribution in [0.2, 0.25) is 0 Å². The zero-order valence-corrected chi connectivity index (χ0v) is 24.8. The summed E-state index contributed by atoms with van der Waals surface area (Å²) in [6.07, 6.45) is 5.53. The second kappa shape index (κ2) is 13.1. The zero-order chi connectivity index (χ0) is 29.9. The van der Waals surface area contributed by atoms with Crippen molar-refractivity contribution >= 4 is 11.9 Å². The first-order valence-corrected chi connectivity index (χ1v) is 15.4. The standard InChI is InChI=1S/C33H43F3N4O2/c1-37(31(41)27-11-9-25(10-12-27)26-13-15-28(16-14-26)33(34,35)36)30-18-21-40(23-30)32(42)38(2)29-17-20-39(22-29)19-5-8-24-6-3-4-7-24/h9-16,24,29-30H,3-8,17-23H2,1-2H3. The Kier molecular flexibility index (Phi) is 9.45. The van der Waals surface area contributed by atoms with Crippen molar-refractivity contribution in [3.8, 4) is 11.1 Å². The molecule has 0 radical (unpaired) electrons. The normalized spacial score (nSPS) is 21.7. The Labute approximate surface area is 247 Å². The molecule has 3 amide bonds. The molecule has 3 aliphatic rings. The summed E-state index contributed by atoms with van der Waals surface area (Å²) in [7, 11) is 3.68. The first-order chi connectivity index (χ1) is 20.1. The van der Waals surface area contributed by atoms with Crippen molar-refractivity contribution in [1.82, 2.24) is 19.6 Å². The predicted octanol–water partition coefficient (Wildman–Crippen LogP) is 6.62. The number of hydrogen-bond donors (Lipinski definition) is 0. The van der Waals surface area contributed by atoms with Crippen LogP contribution in [0, 0.1) is 5.92 Å². The molecule has 3 fully saturated rings. The fourth-order valence-corrected chi connectivity index (χ4v) is 6.87. The third-order valence-corrected chi connectivity index (χ3v) is 9.64. The number of hydrogen-bond acceptors (Lipinski definition) is 3. The Hall–Kier alpha value is -3.07. The maximum atomic E-state index is 13.4. The number of amides is 3. The topological polar surface area (TPSA) is 47.1 Å². The molecule has 1 saturated carbocycles. The highest BCUT2D eigenvalue weighted by molar-refractivity contribution is 5.95. The monoisotopic (exact) mass is 584 g/mol. The molecule has 2 aliphatic heterocycles. The number of halogens is 3. The molecule has 0 spiro atoms. The van der Waals surface area contributed by atoms with E-state index >= 15 is 0 Å². The highest BCUT2D eigenvalue weighted by Gasteiger charge is 2.36. The van der Waals surface area contributed by atoms with Crippen molar-refractivity contribution in [3.63, 3.8) is 0 Å². The van der Waals surface area contributed by atoms with Gasteiger partial charge in [-0.1, -0.05) is 49.9 Å². The number of likely N-dealkylation sites (tertiary alicyclic amines) is 2. The molecule has 1 aliphatic carbocycles. The first-order valence-electron chi connectivity index (χ1n) is 15.4. The highest BCUT2D eigenvalue weighted by atomic mass is 19.4. The zero-order valence-electron chi connectivity index (χ0n) is 24.8. The van der Waals surface area contributed by atoms with Gasteiger partial charge in [0.25, 0.3) is 5.91 Å². The predicted molar refractivity (Wildman–Crippen MR) is 158 cm³/mol. The maximum absolute atomic E-state index is 13.4. The van der Waals surface area contributed by atoms with Gasteiger partial charge in [0, 0.05) is 51.9 Å². The maximum Gasteiger partial charge on any atom is 0.416 e. The van der Waals surface area contributed by atoms with Gasteiger partial charge in [-0.3, -0.25) is 4.79 Å². The minimum absolute atomic E-state index is 0.0389. The third kappa shape index (κ3) is 7.10. The number of urea groups is 1. The van der Waals surface area contributed by atoms with Gasteiger partial charge in [-0.2, -0.15) is 13.2 Å². The number of alkyl halides is 3. The molecule has 2 atom stereocenters. The Morgan fingerprint density at radius 3 is 2.05 bits per heavy atom. The van der Waals surface area contributed by atoms with E-state index in [0.29, 0.717) is 24.2 Å². The van der Waals surface area contributed by atoms with Crippen LogP contribution < -0.4 is 0 Å². The van der Waals surface area contributed by atoms with Crippen molar-refractivity contribution in [3.05, 3.63) is 59.7 Å². The van der Waals surface area contributed by atoms with Gasteiger partial charge in [0.2, 0.25) is 0 Å². The van der Waals surface area contributed by atoms with Crippen molar-refractivity contribution < 1.29 is 22.8 Å². The molecule has 0 N–H and O–H groups in total. The summed E-state index contributed by atoms with van der Waals surface area (Å²) < 4.78 is 38.6. The fourth-order valence-electron chi connectivity index (χ4n) is 6.87. The molecule has 2 heterocycles. The molecule has 2 unspecified atom stereocenters. The number of nitrogens with zero attached hydrogens (tertiary/aromatic N) is 4. The quantitative estimate of drug-likeness (QED) is 0.351. The van der Waals surface area contributed by atoms with E-state index in [2.05, 4.69) is 4.90 Å². The van der Waals surface area contributed by atoms with E-state index in [4.69, 9.17) is 0 Å². The van der Waals surface area contributed by atoms with Gasteiger partial charge in [-0.05, 0) is 73.5 Å². The van der Waals surface area contributed by atoms with E-state index in [1.165, 1.54) is 50.7 Å². The number of benzene rings is 2. The van der Waals surface area contributed by atoms with Crippen molar-refractivity contribution in [2.45, 2.75) is 69.6 Å². The minimum atomic E-state index is -4.37. The Bertz CT molecular complexity index is 1210. The van der Waals surface area contributed by atoms with Crippen LogP contribution in [-0.2, 0) is 6.18 Å². The highest BCUT2D eigenvalue weighted by Crippen LogP contribution is 2.32. The summed E-state index contributed by atoms with van der Waals surface area (Å²) in [6.45, 7) is 4.23. The molecule has 228 valence electrons. The van der Waals surface area contributed by atoms with Crippen LogP contribution in [0.5, 0.6) is 0 Å². The summed E-state index contributed by atoms with van der Waals surface area (Å²) in [4.78, 5) is 34.6. The van der Waals surface area contributed by atoms with E-state index < -0.39 is 11.7 Å². The number of carbonyl (C=O) groups excluding carboxylic acids is 2. The van der Waals surface area contributed by atoms with Gasteiger partial charge in [0.15, 0.2) is 0 Å². The Morgan fingerprint density at radius 2 is 1.40 bits per heavy atom. The molecule has 0 aromatic heterocycles. The summed E-state index contributed by atoms with van der Waals surface area (Å²) in [5.74, 6) is 0.790. The molecule has 9 heteroatoms. The molecule has 42 heavy (non-hydrogen) atoms. The van der Waals surface area contributed by atoms with Crippen LogP contribution >= 0.6 is 0 Å². The first kappa shape index (κ1) is 30.4. The van der Waals surface area contributed by atoms with E-state index in [9.17, 15) is 22.8 Å². The number of rotatable bonds is 8. The average Bonchev–Trinajstić information content (AvgIpc) is 3.78. The third-order valence-electron chi connectivity index (χ3n) is 9.64. The number of likely N-dealkylation sites (N-methyl/N-ethyl adjacent to an activating group) is 2. The lowest BCUT2D eigenvalue weighted by Crippen LogP contribution is -2.47. The largest absolute Gasteiger partial charge is 0.416 e. The van der Waals surface area contributed by atoms with Gasteiger partial charge in [0.1, 0.15) is 0 Å². The summed E-state index contributed by atoms with van der Waals surface area (Å²) in [6, 6.07) is 12.1. The van der Waals surface area contributed by atoms with E-state index in [-0.39, 0.29) is 24.0 Å². The molecular formula is C33H43F3N4O2. The van der Waals surface area contributed by atoms with E-state index in [1.807, 2.05) is 16.8 Å². The van der Waals surface area contributed by atoms with Crippen molar-refractivity contribution in [2.24, 2.45) is 5.92 Å². The lowest BCUT2D eigenvalue weighted by atomic mass is 10.0. The average molecular weight is 585 g/mol. The molecule has 5 rings (SSSR count). The van der Waals surface area contributed by atoms with Crippen LogP contribution in [0.3, 0.4) is 0 Å². The lowest BCUT2D eigenvalue weighted by molar-refractivity contribution is -0.137. The minimum Gasteiger partial charge on any atom is -0.337 e. The van der Waals surface area contributed by atoms with Crippen LogP contribution in [0.1, 0.15) is 67.3 Å². The van der Waals surface area contributed by atoms with Gasteiger partial charge in [-0.25, -0.2) is 4.79 Å². The molecular weight excluding hydrogens is 541 g/mol. The number of carbonyl (C=O) groups is 2. The molecule has 6 nitrogen and oxygen atoms in total.